The number of amides is 1. The SMILES string of the molecule is CCc1nc(C2CN(C(=O)c3c(CC)noc3C)CCO2)n[nH]1. The molecule has 0 aromatic carbocycles. The van der Waals surface area contributed by atoms with Crippen LogP contribution in [0.25, 0.3) is 0 Å². The van der Waals surface area contributed by atoms with Crippen molar-refractivity contribution in [3.8, 4) is 0 Å². The van der Waals surface area contributed by atoms with Crippen LogP contribution in [0.4, 0.5) is 0 Å². The van der Waals surface area contributed by atoms with Gasteiger partial charge in [0, 0.05) is 13.0 Å². The second-order valence-corrected chi connectivity index (χ2v) is 5.52. The van der Waals surface area contributed by atoms with Gasteiger partial charge in [-0.25, -0.2) is 4.98 Å². The average Bonchev–Trinajstić information content (AvgIpc) is 3.20. The molecule has 1 aliphatic heterocycles. The van der Waals surface area contributed by atoms with E-state index in [0.29, 0.717) is 49.0 Å². The molecule has 0 bridgehead atoms. The first-order chi connectivity index (χ1) is 11.1. The Morgan fingerprint density at radius 3 is 2.91 bits per heavy atom. The number of aromatic nitrogens is 4. The van der Waals surface area contributed by atoms with Crippen LogP contribution in [0.15, 0.2) is 4.52 Å². The van der Waals surface area contributed by atoms with E-state index in [-0.39, 0.29) is 12.0 Å². The zero-order valence-electron chi connectivity index (χ0n) is 13.6. The molecule has 2 aromatic heterocycles. The summed E-state index contributed by atoms with van der Waals surface area (Å²) in [6, 6.07) is 0. The molecule has 3 rings (SSSR count). The van der Waals surface area contributed by atoms with Gasteiger partial charge in [0.05, 0.1) is 18.8 Å². The first-order valence-electron chi connectivity index (χ1n) is 7.91. The number of nitrogens with one attached hydrogen (secondary N) is 1. The summed E-state index contributed by atoms with van der Waals surface area (Å²) in [6.07, 6.45) is 1.13. The van der Waals surface area contributed by atoms with Crippen LogP contribution in [0.2, 0.25) is 0 Å². The Hall–Kier alpha value is -2.22. The smallest absolute Gasteiger partial charge is 0.259 e. The van der Waals surface area contributed by atoms with Gasteiger partial charge in [-0.2, -0.15) is 5.10 Å². The van der Waals surface area contributed by atoms with E-state index in [0.717, 1.165) is 12.2 Å². The van der Waals surface area contributed by atoms with Crippen molar-refractivity contribution in [1.82, 2.24) is 25.2 Å². The van der Waals surface area contributed by atoms with E-state index >= 15 is 0 Å². The maximum Gasteiger partial charge on any atom is 0.259 e. The van der Waals surface area contributed by atoms with Gasteiger partial charge >= 0.3 is 0 Å². The molecule has 1 fully saturated rings. The van der Waals surface area contributed by atoms with Crippen molar-refractivity contribution >= 4 is 5.91 Å². The van der Waals surface area contributed by atoms with Crippen molar-refractivity contribution in [3.63, 3.8) is 0 Å². The standard InChI is InChI=1S/C15H21N5O3/c1-4-10-13(9(3)23-19-10)15(21)20-6-7-22-11(8-20)14-16-12(5-2)17-18-14/h11H,4-8H2,1-3H3,(H,16,17,18). The number of ether oxygens (including phenoxy) is 1. The fourth-order valence-corrected chi connectivity index (χ4v) is 2.69. The Kier molecular flexibility index (Phi) is 4.42. The summed E-state index contributed by atoms with van der Waals surface area (Å²) in [4.78, 5) is 19.0. The first kappa shape index (κ1) is 15.7. The largest absolute Gasteiger partial charge is 0.366 e. The number of nitrogens with zero attached hydrogens (tertiary/aromatic N) is 4. The topological polar surface area (TPSA) is 97.1 Å². The number of carbonyl (C=O) groups excluding carboxylic acids is 1. The Balaban J connectivity index is 1.77. The minimum absolute atomic E-state index is 0.0693. The molecule has 0 spiro atoms. The van der Waals surface area contributed by atoms with E-state index in [2.05, 4.69) is 20.3 Å². The lowest BCUT2D eigenvalue weighted by atomic mass is 10.1. The highest BCUT2D eigenvalue weighted by Crippen LogP contribution is 2.23. The third-order valence-electron chi connectivity index (χ3n) is 4.01. The molecule has 0 radical (unpaired) electrons. The fraction of sp³-hybridized carbons (Fsp3) is 0.600. The maximum absolute atomic E-state index is 12.8. The summed E-state index contributed by atoms with van der Waals surface area (Å²) in [5.74, 6) is 1.90. The minimum Gasteiger partial charge on any atom is -0.366 e. The normalized spacial score (nSPS) is 18.4. The summed E-state index contributed by atoms with van der Waals surface area (Å²) in [5, 5.41) is 11.0. The van der Waals surface area contributed by atoms with E-state index in [4.69, 9.17) is 9.26 Å². The van der Waals surface area contributed by atoms with E-state index in [1.54, 1.807) is 11.8 Å². The van der Waals surface area contributed by atoms with Crippen LogP contribution in [0.3, 0.4) is 0 Å². The molecule has 8 nitrogen and oxygen atoms in total. The third kappa shape index (κ3) is 2.98. The summed E-state index contributed by atoms with van der Waals surface area (Å²) in [7, 11) is 0. The second kappa shape index (κ2) is 6.49. The highest BCUT2D eigenvalue weighted by Gasteiger charge is 2.31. The van der Waals surface area contributed by atoms with Crippen molar-refractivity contribution in [2.45, 2.75) is 39.7 Å². The van der Waals surface area contributed by atoms with E-state index in [1.165, 1.54) is 0 Å². The van der Waals surface area contributed by atoms with Crippen LogP contribution in [0.5, 0.6) is 0 Å². The molecule has 1 atom stereocenters. The molecule has 1 aliphatic rings. The predicted molar refractivity (Wildman–Crippen MR) is 81.0 cm³/mol. The number of aromatic amines is 1. The monoisotopic (exact) mass is 319 g/mol. The lowest BCUT2D eigenvalue weighted by Gasteiger charge is -2.31. The fourth-order valence-electron chi connectivity index (χ4n) is 2.69. The molecule has 23 heavy (non-hydrogen) atoms. The van der Waals surface area contributed by atoms with Gasteiger partial charge < -0.3 is 14.2 Å². The van der Waals surface area contributed by atoms with Gasteiger partial charge in [0.1, 0.15) is 23.3 Å². The average molecular weight is 319 g/mol. The lowest BCUT2D eigenvalue weighted by Crippen LogP contribution is -2.43. The second-order valence-electron chi connectivity index (χ2n) is 5.52. The van der Waals surface area contributed by atoms with Crippen LogP contribution < -0.4 is 0 Å². The van der Waals surface area contributed by atoms with Gasteiger partial charge in [-0.15, -0.1) is 0 Å². The predicted octanol–water partition coefficient (Wildman–Crippen LogP) is 1.44. The van der Waals surface area contributed by atoms with Crippen LogP contribution in [-0.2, 0) is 17.6 Å². The summed E-state index contributed by atoms with van der Waals surface area (Å²) in [5.41, 5.74) is 1.26. The van der Waals surface area contributed by atoms with Crippen LogP contribution >= 0.6 is 0 Å². The molecular formula is C15H21N5O3. The molecule has 2 aromatic rings. The number of H-pyrrole nitrogens is 1. The van der Waals surface area contributed by atoms with Gasteiger partial charge in [-0.1, -0.05) is 19.0 Å². The van der Waals surface area contributed by atoms with Gasteiger partial charge in [0.25, 0.3) is 5.91 Å². The zero-order valence-corrected chi connectivity index (χ0v) is 13.6. The highest BCUT2D eigenvalue weighted by molar-refractivity contribution is 5.96. The maximum atomic E-state index is 12.8. The summed E-state index contributed by atoms with van der Waals surface area (Å²) in [6.45, 7) is 7.14. The van der Waals surface area contributed by atoms with Crippen molar-refractivity contribution in [1.29, 1.82) is 0 Å². The van der Waals surface area contributed by atoms with E-state index in [1.807, 2.05) is 13.8 Å². The highest BCUT2D eigenvalue weighted by atomic mass is 16.5. The summed E-state index contributed by atoms with van der Waals surface area (Å²) >= 11 is 0. The molecule has 1 unspecified atom stereocenters. The molecule has 0 aliphatic carbocycles. The minimum atomic E-state index is -0.311. The number of aryl methyl sites for hydroxylation is 3. The Morgan fingerprint density at radius 1 is 1.39 bits per heavy atom. The first-order valence-corrected chi connectivity index (χ1v) is 7.91. The Bertz CT molecular complexity index is 693. The van der Waals surface area contributed by atoms with Gasteiger partial charge in [0.15, 0.2) is 5.82 Å². The van der Waals surface area contributed by atoms with Crippen LogP contribution in [0, 0.1) is 6.92 Å². The number of hydrogen-bond acceptors (Lipinski definition) is 6. The Morgan fingerprint density at radius 2 is 2.22 bits per heavy atom. The molecule has 124 valence electrons. The van der Waals surface area contributed by atoms with Crippen LogP contribution in [-0.4, -0.2) is 50.8 Å². The van der Waals surface area contributed by atoms with Crippen LogP contribution in [0.1, 0.15) is 53.4 Å². The number of carbonyl (C=O) groups is 1. The van der Waals surface area contributed by atoms with Crippen molar-refractivity contribution < 1.29 is 14.1 Å². The van der Waals surface area contributed by atoms with Gasteiger partial charge in [-0.05, 0) is 13.3 Å². The van der Waals surface area contributed by atoms with Crippen molar-refractivity contribution in [3.05, 3.63) is 28.7 Å². The Labute approximate surface area is 134 Å². The zero-order chi connectivity index (χ0) is 16.4. The molecule has 8 heteroatoms. The summed E-state index contributed by atoms with van der Waals surface area (Å²) < 4.78 is 10.9. The van der Waals surface area contributed by atoms with E-state index < -0.39 is 0 Å². The molecular weight excluding hydrogens is 298 g/mol. The molecule has 1 saturated heterocycles. The lowest BCUT2D eigenvalue weighted by molar-refractivity contribution is -0.0267. The molecule has 1 amide bonds. The number of morpholine rings is 1. The molecule has 1 N–H and O–H groups in total. The number of rotatable bonds is 4. The van der Waals surface area contributed by atoms with Gasteiger partial charge in [0.2, 0.25) is 0 Å². The van der Waals surface area contributed by atoms with Crippen molar-refractivity contribution in [2.75, 3.05) is 19.7 Å². The quantitative estimate of drug-likeness (QED) is 0.916. The molecule has 3 heterocycles. The molecule has 0 saturated carbocycles. The van der Waals surface area contributed by atoms with E-state index in [9.17, 15) is 4.79 Å². The van der Waals surface area contributed by atoms with Gasteiger partial charge in [-0.3, -0.25) is 9.89 Å². The van der Waals surface area contributed by atoms with Crippen molar-refractivity contribution in [2.24, 2.45) is 0 Å². The number of hydrogen-bond donors (Lipinski definition) is 1. The third-order valence-corrected chi connectivity index (χ3v) is 4.01.